The fourth-order valence-electron chi connectivity index (χ4n) is 1.32. The zero-order valence-corrected chi connectivity index (χ0v) is 10.7. The molecule has 0 fully saturated rings. The van der Waals surface area contributed by atoms with Crippen LogP contribution in [0.4, 0.5) is 0 Å². The second-order valence-electron chi connectivity index (χ2n) is 3.20. The van der Waals surface area contributed by atoms with Gasteiger partial charge in [-0.25, -0.2) is 4.79 Å². The van der Waals surface area contributed by atoms with Gasteiger partial charge in [-0.1, -0.05) is 17.8 Å². The maximum absolute atomic E-state index is 11.2. The Bertz CT molecular complexity index is 521. The molecular weight excluding hydrogens is 256 g/mol. The van der Waals surface area contributed by atoms with Gasteiger partial charge in [-0.3, -0.25) is 0 Å². The van der Waals surface area contributed by atoms with Crippen molar-refractivity contribution in [2.75, 3.05) is 7.11 Å². The van der Waals surface area contributed by atoms with Gasteiger partial charge >= 0.3 is 5.97 Å². The molecule has 0 bridgehead atoms. The van der Waals surface area contributed by atoms with Gasteiger partial charge < -0.3 is 9.84 Å². The van der Waals surface area contributed by atoms with Crippen LogP contribution in [0, 0.1) is 0 Å². The summed E-state index contributed by atoms with van der Waals surface area (Å²) in [4.78, 5) is 11.9. The molecule has 1 aromatic carbocycles. The van der Waals surface area contributed by atoms with Crippen molar-refractivity contribution in [3.8, 4) is 5.75 Å². The first-order valence-electron chi connectivity index (χ1n) is 4.83. The number of rotatable bonds is 4. The van der Waals surface area contributed by atoms with E-state index in [9.17, 15) is 4.79 Å². The Kier molecular flexibility index (Phi) is 3.71. The van der Waals surface area contributed by atoms with Gasteiger partial charge in [-0.15, -0.1) is 11.3 Å². The molecular formula is C12H10O3S2. The highest BCUT2D eigenvalue weighted by atomic mass is 32.2. The summed E-state index contributed by atoms with van der Waals surface area (Å²) in [6.45, 7) is 0. The molecule has 2 aromatic rings. The van der Waals surface area contributed by atoms with Crippen LogP contribution in [0.2, 0.25) is 0 Å². The molecule has 88 valence electrons. The number of carboxylic acid groups (broad SMARTS) is 1. The molecule has 0 unspecified atom stereocenters. The smallest absolute Gasteiger partial charge is 0.336 e. The van der Waals surface area contributed by atoms with Crippen LogP contribution in [-0.4, -0.2) is 18.2 Å². The van der Waals surface area contributed by atoms with E-state index in [4.69, 9.17) is 9.84 Å². The average Bonchev–Trinajstić information content (AvgIpc) is 2.82. The monoisotopic (exact) mass is 266 g/mol. The topological polar surface area (TPSA) is 46.5 Å². The Labute approximate surface area is 107 Å². The normalized spacial score (nSPS) is 10.2. The summed E-state index contributed by atoms with van der Waals surface area (Å²) in [6.07, 6.45) is 0. The molecule has 1 heterocycles. The number of hydrogen-bond donors (Lipinski definition) is 1. The van der Waals surface area contributed by atoms with Crippen LogP contribution in [0.15, 0.2) is 44.8 Å². The van der Waals surface area contributed by atoms with Crippen molar-refractivity contribution in [3.63, 3.8) is 0 Å². The van der Waals surface area contributed by atoms with Gasteiger partial charge in [0.15, 0.2) is 0 Å². The summed E-state index contributed by atoms with van der Waals surface area (Å²) in [5.74, 6) is -0.388. The fraction of sp³-hybridized carbons (Fsp3) is 0.0833. The minimum atomic E-state index is -0.942. The second-order valence-corrected chi connectivity index (χ2v) is 5.49. The van der Waals surface area contributed by atoms with E-state index < -0.39 is 5.97 Å². The molecule has 2 rings (SSSR count). The van der Waals surface area contributed by atoms with Crippen molar-refractivity contribution in [1.29, 1.82) is 0 Å². The third kappa shape index (κ3) is 2.81. The average molecular weight is 266 g/mol. The van der Waals surface area contributed by atoms with Gasteiger partial charge in [0.05, 0.1) is 16.9 Å². The lowest BCUT2D eigenvalue weighted by Gasteiger charge is -2.06. The van der Waals surface area contributed by atoms with E-state index >= 15 is 0 Å². The number of hydrogen-bond acceptors (Lipinski definition) is 4. The Morgan fingerprint density at radius 1 is 1.41 bits per heavy atom. The highest BCUT2D eigenvalue weighted by Gasteiger charge is 2.12. The lowest BCUT2D eigenvalue weighted by molar-refractivity contribution is 0.0692. The third-order valence-corrected chi connectivity index (χ3v) is 4.24. The molecule has 0 radical (unpaired) electrons. The number of ether oxygens (including phenoxy) is 1. The number of carbonyl (C=O) groups is 1. The van der Waals surface area contributed by atoms with Gasteiger partial charge in [0, 0.05) is 4.90 Å². The molecule has 0 spiro atoms. The van der Waals surface area contributed by atoms with E-state index in [1.54, 1.807) is 23.5 Å². The van der Waals surface area contributed by atoms with E-state index in [1.807, 2.05) is 17.5 Å². The summed E-state index contributed by atoms with van der Waals surface area (Å²) in [7, 11) is 1.52. The van der Waals surface area contributed by atoms with Gasteiger partial charge in [0.2, 0.25) is 0 Å². The first-order chi connectivity index (χ1) is 8.20. The van der Waals surface area contributed by atoms with Crippen molar-refractivity contribution in [1.82, 2.24) is 0 Å². The largest absolute Gasteiger partial charge is 0.497 e. The van der Waals surface area contributed by atoms with Crippen LogP contribution >= 0.6 is 23.1 Å². The highest BCUT2D eigenvalue weighted by molar-refractivity contribution is 8.01. The molecule has 1 aromatic heterocycles. The molecule has 0 saturated carbocycles. The molecule has 0 amide bonds. The predicted molar refractivity (Wildman–Crippen MR) is 68.4 cm³/mol. The van der Waals surface area contributed by atoms with Gasteiger partial charge in [-0.05, 0) is 29.6 Å². The van der Waals surface area contributed by atoms with Crippen LogP contribution in [0.5, 0.6) is 5.75 Å². The lowest BCUT2D eigenvalue weighted by atomic mass is 10.2. The molecule has 0 aliphatic carbocycles. The second kappa shape index (κ2) is 5.25. The quantitative estimate of drug-likeness (QED) is 0.918. The van der Waals surface area contributed by atoms with Gasteiger partial charge in [0.1, 0.15) is 5.75 Å². The maximum atomic E-state index is 11.2. The number of benzene rings is 1. The Hall–Kier alpha value is -1.46. The first kappa shape index (κ1) is 12.0. The zero-order valence-electron chi connectivity index (χ0n) is 9.04. The third-order valence-electron chi connectivity index (χ3n) is 2.12. The summed E-state index contributed by atoms with van der Waals surface area (Å²) >= 11 is 3.04. The number of thiophene rings is 1. The van der Waals surface area contributed by atoms with Crippen molar-refractivity contribution in [2.24, 2.45) is 0 Å². The number of carboxylic acids is 1. The standard InChI is InChI=1S/C12H10O3S2/c1-15-8-4-5-10(9(7-8)12(13)14)17-11-3-2-6-16-11/h2-7H,1H3,(H,13,14). The van der Waals surface area contributed by atoms with Crippen LogP contribution in [-0.2, 0) is 0 Å². The summed E-state index contributed by atoms with van der Waals surface area (Å²) in [5, 5.41) is 11.1. The highest BCUT2D eigenvalue weighted by Crippen LogP contribution is 2.35. The van der Waals surface area contributed by atoms with E-state index in [-0.39, 0.29) is 5.56 Å². The van der Waals surface area contributed by atoms with Crippen molar-refractivity contribution in [2.45, 2.75) is 9.10 Å². The van der Waals surface area contributed by atoms with Gasteiger partial charge in [0.25, 0.3) is 0 Å². The van der Waals surface area contributed by atoms with E-state index in [0.717, 1.165) is 9.10 Å². The minimum Gasteiger partial charge on any atom is -0.497 e. The molecule has 0 saturated heterocycles. The summed E-state index contributed by atoms with van der Waals surface area (Å²) in [6, 6.07) is 8.98. The Morgan fingerprint density at radius 3 is 2.82 bits per heavy atom. The summed E-state index contributed by atoms with van der Waals surface area (Å²) in [5.41, 5.74) is 0.266. The van der Waals surface area contributed by atoms with Crippen molar-refractivity contribution >= 4 is 29.1 Å². The zero-order chi connectivity index (χ0) is 12.3. The Balaban J connectivity index is 2.36. The van der Waals surface area contributed by atoms with Crippen molar-refractivity contribution < 1.29 is 14.6 Å². The summed E-state index contributed by atoms with van der Waals surface area (Å²) < 4.78 is 6.09. The number of methoxy groups -OCH3 is 1. The molecule has 3 nitrogen and oxygen atoms in total. The SMILES string of the molecule is COc1ccc(Sc2cccs2)c(C(=O)O)c1. The van der Waals surface area contributed by atoms with E-state index in [2.05, 4.69) is 0 Å². The molecule has 1 N–H and O–H groups in total. The van der Waals surface area contributed by atoms with Crippen LogP contribution < -0.4 is 4.74 Å². The van der Waals surface area contributed by atoms with Crippen LogP contribution in [0.25, 0.3) is 0 Å². The molecule has 5 heteroatoms. The minimum absolute atomic E-state index is 0.266. The molecule has 0 atom stereocenters. The maximum Gasteiger partial charge on any atom is 0.336 e. The molecule has 0 aliphatic rings. The van der Waals surface area contributed by atoms with Crippen LogP contribution in [0.1, 0.15) is 10.4 Å². The van der Waals surface area contributed by atoms with Gasteiger partial charge in [-0.2, -0.15) is 0 Å². The number of aromatic carboxylic acids is 1. The fourth-order valence-corrected chi connectivity index (χ4v) is 3.15. The Morgan fingerprint density at radius 2 is 2.24 bits per heavy atom. The van der Waals surface area contributed by atoms with Crippen molar-refractivity contribution in [3.05, 3.63) is 41.3 Å². The molecule has 0 aliphatic heterocycles. The predicted octanol–water partition coefficient (Wildman–Crippen LogP) is 3.61. The van der Waals surface area contributed by atoms with Crippen LogP contribution in [0.3, 0.4) is 0 Å². The first-order valence-corrected chi connectivity index (χ1v) is 6.53. The van der Waals surface area contributed by atoms with E-state index in [0.29, 0.717) is 5.75 Å². The molecule has 17 heavy (non-hydrogen) atoms. The van der Waals surface area contributed by atoms with E-state index in [1.165, 1.54) is 24.9 Å². The lowest BCUT2D eigenvalue weighted by Crippen LogP contribution is -1.99.